The van der Waals surface area contributed by atoms with E-state index in [4.69, 9.17) is 37.8 Å². The number of likely N-dealkylation sites (tertiary alicyclic amines) is 2. The number of imidazole rings is 1. The van der Waals surface area contributed by atoms with Gasteiger partial charge in [0.1, 0.15) is 65.8 Å². The Morgan fingerprint density at radius 3 is 1.90 bits per heavy atom. The minimum absolute atomic E-state index is 0.0393. The van der Waals surface area contributed by atoms with E-state index in [1.165, 1.54) is 52.9 Å². The second kappa shape index (κ2) is 45.0. The molecule has 8 N–H and O–H groups in total. The van der Waals surface area contributed by atoms with Gasteiger partial charge in [0.2, 0.25) is 11.8 Å². The first kappa shape index (κ1) is 94.3. The van der Waals surface area contributed by atoms with Gasteiger partial charge >= 0.3 is 35.2 Å². The zero-order valence-corrected chi connectivity index (χ0v) is 73.3. The summed E-state index contributed by atoms with van der Waals surface area (Å²) in [5, 5.41) is 41.1. The molecule has 33 nitrogen and oxygen atoms in total. The van der Waals surface area contributed by atoms with Gasteiger partial charge in [-0.25, -0.2) is 29.3 Å². The average Bonchev–Trinajstić information content (AvgIpc) is 1.63. The number of methoxy groups -OCH3 is 3. The minimum atomic E-state index is -1.13. The molecule has 8 aromatic rings. The third-order valence-electron chi connectivity index (χ3n) is 22.6. The number of benzene rings is 5. The number of alkyl carbamates (subject to hydrolysis) is 3. The van der Waals surface area contributed by atoms with Crippen LogP contribution in [0, 0.1) is 16.7 Å². The molecule has 0 bridgehead atoms. The number of aliphatic imine (C=N–C) groups is 1. The third kappa shape index (κ3) is 25.0. The summed E-state index contributed by atoms with van der Waals surface area (Å²) < 4.78 is 36.6. The Bertz CT molecular complexity index is 5160. The summed E-state index contributed by atoms with van der Waals surface area (Å²) in [6.45, 7) is 13.4. The molecule has 3 aromatic heterocycles. The topological polar surface area (TPSA) is 428 Å². The molecule has 0 radical (unpaired) electrons. The summed E-state index contributed by atoms with van der Waals surface area (Å²) in [5.74, 6) is 0.473. The number of aliphatic hydroxyl groups is 3. The second-order valence-corrected chi connectivity index (χ2v) is 33.3. The van der Waals surface area contributed by atoms with Gasteiger partial charge in [-0.05, 0) is 156 Å². The average molecular weight is 1750 g/mol. The van der Waals surface area contributed by atoms with Crippen LogP contribution in [0.4, 0.5) is 24.5 Å². The van der Waals surface area contributed by atoms with Crippen LogP contribution in [0.3, 0.4) is 0 Å². The quantitative estimate of drug-likeness (QED) is 0.0103. The van der Waals surface area contributed by atoms with Crippen LogP contribution in [0.5, 0.6) is 11.5 Å². The second-order valence-electron chi connectivity index (χ2n) is 32.3. The minimum Gasteiger partial charge on any atom is -0.496 e. The molecule has 8 heterocycles. The predicted octanol–water partition coefficient (Wildman–Crippen LogP) is 12.4. The van der Waals surface area contributed by atoms with Crippen molar-refractivity contribution in [1.29, 1.82) is 0 Å². The number of aromatic amines is 1. The van der Waals surface area contributed by atoms with Crippen molar-refractivity contribution in [1.82, 2.24) is 50.6 Å². The molecule has 1 aliphatic carbocycles. The molecule has 4 saturated heterocycles. The molecule has 0 spiro atoms. The largest absolute Gasteiger partial charge is 0.496 e. The molecule has 126 heavy (non-hydrogen) atoms. The summed E-state index contributed by atoms with van der Waals surface area (Å²) in [6, 6.07) is 34.3. The maximum Gasteiger partial charge on any atom is 0.407 e. The number of carbonyl (C=O) groups is 9. The molecule has 670 valence electrons. The zero-order valence-electron chi connectivity index (χ0n) is 72.5. The van der Waals surface area contributed by atoms with Gasteiger partial charge < -0.3 is 78.9 Å². The number of amides is 6. The Morgan fingerprint density at radius 2 is 1.29 bits per heavy atom. The highest BCUT2D eigenvalue weighted by Gasteiger charge is 2.50. The molecule has 1 saturated carbocycles. The van der Waals surface area contributed by atoms with Crippen LogP contribution in [-0.2, 0) is 62.3 Å². The Kier molecular flexibility index (Phi) is 33.7. The number of aromatic nitrogens is 4. The van der Waals surface area contributed by atoms with Crippen molar-refractivity contribution in [3.63, 3.8) is 0 Å². The third-order valence-corrected chi connectivity index (χ3v) is 23.6. The molecule has 9 atom stereocenters. The highest BCUT2D eigenvalue weighted by molar-refractivity contribution is 7.18. The summed E-state index contributed by atoms with van der Waals surface area (Å²) in [5.41, 5.74) is 10.9. The van der Waals surface area contributed by atoms with Crippen LogP contribution in [0.25, 0.3) is 39.3 Å². The first-order valence-electron chi connectivity index (χ1n) is 42.5. The van der Waals surface area contributed by atoms with E-state index < -0.39 is 66.6 Å². The number of nitrogens with one attached hydrogen (secondary N) is 5. The van der Waals surface area contributed by atoms with E-state index in [1.54, 1.807) is 31.6 Å². The van der Waals surface area contributed by atoms with Crippen molar-refractivity contribution in [2.24, 2.45) is 16.8 Å². The van der Waals surface area contributed by atoms with Crippen LogP contribution in [-0.4, -0.2) is 223 Å². The number of ketones is 1. The number of hydrogen-bond donors (Lipinski definition) is 8. The fraction of sp³-hybridized carbons (Fsp3) is 0.446. The fourth-order valence-electron chi connectivity index (χ4n) is 16.1. The van der Waals surface area contributed by atoms with Crippen molar-refractivity contribution in [3.05, 3.63) is 185 Å². The lowest BCUT2D eigenvalue weighted by Gasteiger charge is -2.42. The number of Topliss-reactive ketones (excluding diaryl/α,β-unsaturated/α-hetero) is 1. The molecule has 5 aliphatic heterocycles. The summed E-state index contributed by atoms with van der Waals surface area (Å²) in [6.07, 6.45) is 13.3. The van der Waals surface area contributed by atoms with E-state index in [-0.39, 0.29) is 76.1 Å². The van der Waals surface area contributed by atoms with Gasteiger partial charge in [0.05, 0.1) is 74.8 Å². The van der Waals surface area contributed by atoms with Crippen molar-refractivity contribution < 1.29 is 96.1 Å². The van der Waals surface area contributed by atoms with Gasteiger partial charge in [0.25, 0.3) is 5.91 Å². The normalized spacial score (nSPS) is 19.3. The number of piperidine rings is 1. The highest BCUT2D eigenvalue weighted by Crippen LogP contribution is 2.38. The fourth-order valence-corrected chi connectivity index (χ4v) is 16.8. The molecule has 5 aromatic carbocycles. The van der Waals surface area contributed by atoms with Crippen LogP contribution < -0.4 is 30.7 Å². The Balaban J connectivity index is 0.000000180. The number of esters is 2. The maximum atomic E-state index is 13.5. The molecular weight excluding hydrogens is 1640 g/mol. The number of nitrogens with zero attached hydrogens (tertiary/aromatic N) is 8. The van der Waals surface area contributed by atoms with E-state index >= 15 is 0 Å². The monoisotopic (exact) mass is 1750 g/mol. The summed E-state index contributed by atoms with van der Waals surface area (Å²) in [4.78, 5) is 148. The van der Waals surface area contributed by atoms with Crippen molar-refractivity contribution in [2.45, 2.75) is 199 Å². The van der Waals surface area contributed by atoms with Crippen molar-refractivity contribution >= 4 is 86.5 Å². The number of para-hydroxylation sites is 1. The lowest BCUT2D eigenvalue weighted by Crippen LogP contribution is -2.62. The number of thiazole rings is 1. The molecule has 5 fully saturated rings. The molecule has 6 amide bonds. The number of rotatable bonds is 27. The van der Waals surface area contributed by atoms with E-state index in [0.29, 0.717) is 92.5 Å². The van der Waals surface area contributed by atoms with Gasteiger partial charge in [-0.15, -0.1) is 0 Å². The van der Waals surface area contributed by atoms with E-state index in [1.807, 2.05) is 98.0 Å². The van der Waals surface area contributed by atoms with Crippen molar-refractivity contribution in [2.75, 3.05) is 59.9 Å². The SMILES string of the molecule is CC(=O)Oc1ccccc1C(=O)Nc1ncc([N+](C)=O)s1.CCCC(=O)OC1CN2CC[C@H](O)C2C(O)[C@@H]1O.COC(=O)N[C@H](C(=O)N1CCC[C@H]1C1=NC=C(c2ccc(-c3ccc(-c4cnc([C@@H]5CCCN5C(=O)[C@@H](NC(=O)OC)C(C)C)[nH]4)cc3)cc2)C1)C(C)C.COc1cc(CC(=O)Cc2cccc(CNC(=O)OC3CCCC3)c2)ccc1-c1cnco1. The number of anilines is 1. The smallest absolute Gasteiger partial charge is 0.407 e. The number of carbonyl (C=O) groups excluding carboxylic acids is 9. The predicted molar refractivity (Wildman–Crippen MR) is 469 cm³/mol. The van der Waals surface area contributed by atoms with Crippen molar-refractivity contribution in [3.8, 4) is 45.2 Å². The number of nitroso groups, excluding NO2 is 1. The van der Waals surface area contributed by atoms with Gasteiger partial charge in [0.15, 0.2) is 24.3 Å². The van der Waals surface area contributed by atoms with Crippen LogP contribution in [0.1, 0.15) is 163 Å². The molecule has 3 unspecified atom stereocenters. The molecular formula is C92H112N13O20S+. The highest BCUT2D eigenvalue weighted by atomic mass is 32.1. The first-order valence-corrected chi connectivity index (χ1v) is 43.3. The van der Waals surface area contributed by atoms with Gasteiger partial charge in [-0.3, -0.25) is 44.0 Å². The van der Waals surface area contributed by atoms with Crippen LogP contribution in [0.2, 0.25) is 0 Å². The van der Waals surface area contributed by atoms with E-state index in [9.17, 15) is 63.4 Å². The Morgan fingerprint density at radius 1 is 0.659 bits per heavy atom. The standard InChI is InChI=1S/C41H51N7O6.C26H28N2O5.C13H11N3O4S.C12H21NO5/c1-24(2)35(45-40(51)53-5)38(49)47-19-7-9-33(47)31-21-30(22-42-31)28-13-11-26(12-14-28)27-15-17-29(18-16-27)32-23-43-37(44-32)34-10-8-20-48(34)39(50)36(25(3)4)46-41(52)54-6;1-31-24-14-19(9-10-23(24)25-16-27-17-32-25)13-21(29)12-18-5-4-6-20(11-18)15-28-26(30)33-22-7-2-3-8-22;1-8(17)20-10-6-4-3-5-9(10)12(18)15-13-14-7-11(21-13)16(2)19;1-2-3-9(15)18-8-6-13-5-4-7(14)10(13)12(17)11(8)16/h11-18,22-25,33-36H,7-10,19-21H2,1-6H3,(H,43,44)(H,45,51)(H,46,52);4-6,9-11,14,16-17,22H,2-3,7-8,12-13,15H2,1H3,(H,28,30);3-7H,1-2H3;7-8,10-12,14,16-17H,2-6H2,1H3/p+1/t33-,34-,35-,36-;;;7-,8?,10?,11+,12?/m0..0/s1. The number of H-pyrrole nitrogens is 1. The molecule has 6 aliphatic rings. The summed E-state index contributed by atoms with van der Waals surface area (Å²) in [7, 11) is 5.52. The number of hydrogen-bond acceptors (Lipinski definition) is 26. The summed E-state index contributed by atoms with van der Waals surface area (Å²) >= 11 is 1.05. The van der Waals surface area contributed by atoms with Gasteiger partial charge in [0, 0.05) is 86.9 Å². The van der Waals surface area contributed by atoms with E-state index in [2.05, 4.69) is 89.7 Å². The first-order chi connectivity index (χ1) is 60.6. The molecule has 14 rings (SSSR count). The zero-order chi connectivity index (χ0) is 90.3. The number of oxazole rings is 1. The number of aliphatic hydroxyl groups excluding tert-OH is 3. The van der Waals surface area contributed by atoms with Gasteiger partial charge in [-0.2, -0.15) is 0 Å². The van der Waals surface area contributed by atoms with Gasteiger partial charge in [-0.1, -0.05) is 126 Å². The van der Waals surface area contributed by atoms with Crippen LogP contribution in [0.15, 0.2) is 156 Å². The maximum absolute atomic E-state index is 13.5. The lowest BCUT2D eigenvalue weighted by molar-refractivity contribution is -0.424. The lowest BCUT2D eigenvalue weighted by atomic mass is 9.93. The van der Waals surface area contributed by atoms with Crippen LogP contribution >= 0.6 is 11.3 Å². The van der Waals surface area contributed by atoms with E-state index in [0.717, 1.165) is 130 Å². The Hall–Kier alpha value is -12.4. The Labute approximate surface area is 735 Å². The number of allylic oxidation sites excluding steroid dienone is 1. The molecule has 34 heteroatoms. The number of ether oxygens (including phenoxy) is 6. The number of fused-ring (bicyclic) bond motifs is 1.